The molecule has 0 aliphatic heterocycles. The zero-order valence-electron chi connectivity index (χ0n) is 12.0. The second kappa shape index (κ2) is 7.10. The smallest absolute Gasteiger partial charge is 0.275 e. The fourth-order valence-electron chi connectivity index (χ4n) is 1.81. The zero-order valence-corrected chi connectivity index (χ0v) is 12.8. The van der Waals surface area contributed by atoms with Gasteiger partial charge in [0.2, 0.25) is 0 Å². The van der Waals surface area contributed by atoms with Crippen molar-refractivity contribution in [2.45, 2.75) is 20.5 Å². The normalized spacial score (nSPS) is 10.2. The Bertz CT molecular complexity index is 608. The number of carbonyl (C=O) groups is 1. The first-order chi connectivity index (χ1) is 10.1. The fourth-order valence-corrected chi connectivity index (χ4v) is 2.74. The maximum atomic E-state index is 11.5. The summed E-state index contributed by atoms with van der Waals surface area (Å²) in [5.41, 5.74) is 3.11. The molecule has 112 valence electrons. The number of nitrogen functional groups attached to an aromatic ring is 1. The molecule has 0 saturated heterocycles. The molecule has 1 aromatic heterocycles. The van der Waals surface area contributed by atoms with Crippen molar-refractivity contribution in [1.82, 2.24) is 5.43 Å². The highest BCUT2D eigenvalue weighted by atomic mass is 32.1. The van der Waals surface area contributed by atoms with Gasteiger partial charge in [-0.05, 0) is 44.2 Å². The van der Waals surface area contributed by atoms with Gasteiger partial charge in [0.05, 0.1) is 11.5 Å². The van der Waals surface area contributed by atoms with Crippen LogP contribution in [-0.4, -0.2) is 12.5 Å². The van der Waals surface area contributed by atoms with Gasteiger partial charge in [-0.25, -0.2) is 5.84 Å². The van der Waals surface area contributed by atoms with Gasteiger partial charge in [0.1, 0.15) is 18.1 Å². The number of nitrogens with two attached hydrogens (primary N) is 1. The molecule has 1 aromatic carbocycles. The minimum atomic E-state index is -0.282. The standard InChI is InChI=1S/C15H18N2O3S/c1-3-19-12-4-6-13(7-5-12)20-9-11-8-14(15(18)17-16)21-10(11)2/h4-8H,3,9,16H2,1-2H3,(H,17,18). The van der Waals surface area contributed by atoms with Crippen LogP contribution < -0.4 is 20.7 Å². The zero-order chi connectivity index (χ0) is 15.2. The first-order valence-corrected chi connectivity index (χ1v) is 7.41. The minimum absolute atomic E-state index is 0.282. The van der Waals surface area contributed by atoms with Crippen LogP contribution in [0.5, 0.6) is 11.5 Å². The molecule has 2 aromatic rings. The van der Waals surface area contributed by atoms with E-state index in [4.69, 9.17) is 15.3 Å². The van der Waals surface area contributed by atoms with Gasteiger partial charge in [-0.3, -0.25) is 10.2 Å². The van der Waals surface area contributed by atoms with Gasteiger partial charge in [0, 0.05) is 10.4 Å². The van der Waals surface area contributed by atoms with E-state index in [9.17, 15) is 4.79 Å². The number of nitrogens with one attached hydrogen (secondary N) is 1. The third kappa shape index (κ3) is 3.96. The summed E-state index contributed by atoms with van der Waals surface area (Å²) in [5.74, 6) is 6.43. The van der Waals surface area contributed by atoms with Crippen molar-refractivity contribution in [3.05, 3.63) is 45.6 Å². The van der Waals surface area contributed by atoms with E-state index in [0.717, 1.165) is 21.9 Å². The molecule has 21 heavy (non-hydrogen) atoms. The van der Waals surface area contributed by atoms with E-state index in [1.54, 1.807) is 6.07 Å². The fraction of sp³-hybridized carbons (Fsp3) is 0.267. The first kappa shape index (κ1) is 15.3. The van der Waals surface area contributed by atoms with Crippen LogP contribution in [0.2, 0.25) is 0 Å². The van der Waals surface area contributed by atoms with Crippen molar-refractivity contribution in [2.75, 3.05) is 6.61 Å². The molecule has 0 fully saturated rings. The number of carbonyl (C=O) groups excluding carboxylic acids is 1. The number of rotatable bonds is 6. The number of ether oxygens (including phenoxy) is 2. The largest absolute Gasteiger partial charge is 0.494 e. The maximum Gasteiger partial charge on any atom is 0.275 e. The molecule has 0 radical (unpaired) electrons. The van der Waals surface area contributed by atoms with Crippen molar-refractivity contribution >= 4 is 17.2 Å². The molecule has 0 atom stereocenters. The number of amides is 1. The molecule has 0 aliphatic carbocycles. The summed E-state index contributed by atoms with van der Waals surface area (Å²) in [4.78, 5) is 13.1. The molecular formula is C15H18N2O3S. The highest BCUT2D eigenvalue weighted by Gasteiger charge is 2.11. The third-order valence-electron chi connectivity index (χ3n) is 2.90. The summed E-state index contributed by atoms with van der Waals surface area (Å²) in [5, 5.41) is 0. The third-order valence-corrected chi connectivity index (χ3v) is 4.00. The van der Waals surface area contributed by atoms with Crippen molar-refractivity contribution in [3.63, 3.8) is 0 Å². The lowest BCUT2D eigenvalue weighted by atomic mass is 10.2. The van der Waals surface area contributed by atoms with E-state index in [2.05, 4.69) is 5.43 Å². The Balaban J connectivity index is 1.99. The average molecular weight is 306 g/mol. The Morgan fingerprint density at radius 2 is 1.86 bits per heavy atom. The Morgan fingerprint density at radius 1 is 1.24 bits per heavy atom. The van der Waals surface area contributed by atoms with Crippen molar-refractivity contribution in [1.29, 1.82) is 0 Å². The molecule has 0 spiro atoms. The number of benzene rings is 1. The number of aryl methyl sites for hydroxylation is 1. The van der Waals surface area contributed by atoms with E-state index in [-0.39, 0.29) is 5.91 Å². The van der Waals surface area contributed by atoms with Gasteiger partial charge in [-0.15, -0.1) is 11.3 Å². The van der Waals surface area contributed by atoms with Crippen LogP contribution >= 0.6 is 11.3 Å². The Labute approximate surface area is 127 Å². The van der Waals surface area contributed by atoms with Crippen LogP contribution in [0.15, 0.2) is 30.3 Å². The highest BCUT2D eigenvalue weighted by molar-refractivity contribution is 7.14. The Kier molecular flexibility index (Phi) is 5.19. The van der Waals surface area contributed by atoms with Crippen LogP contribution in [0.3, 0.4) is 0 Å². The summed E-state index contributed by atoms with van der Waals surface area (Å²) < 4.78 is 11.1. The van der Waals surface area contributed by atoms with E-state index >= 15 is 0 Å². The van der Waals surface area contributed by atoms with Crippen molar-refractivity contribution in [2.24, 2.45) is 5.84 Å². The lowest BCUT2D eigenvalue weighted by Gasteiger charge is -2.07. The molecule has 2 rings (SSSR count). The van der Waals surface area contributed by atoms with Gasteiger partial charge >= 0.3 is 0 Å². The van der Waals surface area contributed by atoms with E-state index < -0.39 is 0 Å². The lowest BCUT2D eigenvalue weighted by Crippen LogP contribution is -2.29. The second-order valence-electron chi connectivity index (χ2n) is 4.36. The summed E-state index contributed by atoms with van der Waals surface area (Å²) in [6, 6.07) is 9.26. The van der Waals surface area contributed by atoms with E-state index in [1.807, 2.05) is 38.1 Å². The summed E-state index contributed by atoms with van der Waals surface area (Å²) in [7, 11) is 0. The quantitative estimate of drug-likeness (QED) is 0.489. The first-order valence-electron chi connectivity index (χ1n) is 6.60. The molecule has 6 heteroatoms. The molecule has 0 saturated carbocycles. The molecule has 0 unspecified atom stereocenters. The molecule has 0 aliphatic rings. The van der Waals surface area contributed by atoms with Gasteiger partial charge in [-0.1, -0.05) is 0 Å². The topological polar surface area (TPSA) is 73.6 Å². The monoisotopic (exact) mass is 306 g/mol. The highest BCUT2D eigenvalue weighted by Crippen LogP contribution is 2.24. The van der Waals surface area contributed by atoms with Crippen molar-refractivity contribution < 1.29 is 14.3 Å². The average Bonchev–Trinajstić information content (AvgIpc) is 2.87. The van der Waals surface area contributed by atoms with Gasteiger partial charge in [0.25, 0.3) is 5.91 Å². The molecule has 3 N–H and O–H groups in total. The molecule has 0 bridgehead atoms. The van der Waals surface area contributed by atoms with Crippen LogP contribution in [0.4, 0.5) is 0 Å². The summed E-state index contributed by atoms with van der Waals surface area (Å²) >= 11 is 1.40. The number of thiophene rings is 1. The minimum Gasteiger partial charge on any atom is -0.494 e. The number of hydrogen-bond donors (Lipinski definition) is 2. The van der Waals surface area contributed by atoms with Crippen LogP contribution in [0.25, 0.3) is 0 Å². The molecule has 5 nitrogen and oxygen atoms in total. The number of hydrazine groups is 1. The Morgan fingerprint density at radius 3 is 2.43 bits per heavy atom. The van der Waals surface area contributed by atoms with Crippen LogP contribution in [0, 0.1) is 6.92 Å². The van der Waals surface area contributed by atoms with Gasteiger partial charge < -0.3 is 9.47 Å². The summed E-state index contributed by atoms with van der Waals surface area (Å²) in [6.07, 6.45) is 0. The maximum absolute atomic E-state index is 11.5. The predicted octanol–water partition coefficient (Wildman–Crippen LogP) is 2.64. The van der Waals surface area contributed by atoms with Crippen LogP contribution in [-0.2, 0) is 6.61 Å². The Hall–Kier alpha value is -2.05. The van der Waals surface area contributed by atoms with Crippen LogP contribution in [0.1, 0.15) is 27.0 Å². The van der Waals surface area contributed by atoms with Gasteiger partial charge in [-0.2, -0.15) is 0 Å². The second-order valence-corrected chi connectivity index (χ2v) is 5.61. The van der Waals surface area contributed by atoms with Crippen molar-refractivity contribution in [3.8, 4) is 11.5 Å². The predicted molar refractivity (Wildman–Crippen MR) is 82.7 cm³/mol. The van der Waals surface area contributed by atoms with E-state index in [0.29, 0.717) is 18.1 Å². The molecule has 1 amide bonds. The number of hydrogen-bond acceptors (Lipinski definition) is 5. The SMILES string of the molecule is CCOc1ccc(OCc2cc(C(=O)NN)sc2C)cc1. The lowest BCUT2D eigenvalue weighted by molar-refractivity contribution is 0.0957. The van der Waals surface area contributed by atoms with E-state index in [1.165, 1.54) is 11.3 Å². The molecular weight excluding hydrogens is 288 g/mol. The molecule has 1 heterocycles. The summed E-state index contributed by atoms with van der Waals surface area (Å²) in [6.45, 7) is 4.95. The van der Waals surface area contributed by atoms with Gasteiger partial charge in [0.15, 0.2) is 0 Å².